The fraction of sp³-hybridized carbons (Fsp3) is 0.700. The van der Waals surface area contributed by atoms with Crippen LogP contribution in [0.5, 0.6) is 0 Å². The highest BCUT2D eigenvalue weighted by Crippen LogP contribution is 2.29. The van der Waals surface area contributed by atoms with Gasteiger partial charge in [-0.1, -0.05) is 22.4 Å². The van der Waals surface area contributed by atoms with Crippen molar-refractivity contribution < 1.29 is 8.42 Å². The van der Waals surface area contributed by atoms with E-state index in [0.29, 0.717) is 6.54 Å². The molecule has 1 aromatic rings. The van der Waals surface area contributed by atoms with Crippen molar-refractivity contribution in [1.82, 2.24) is 14.5 Å². The van der Waals surface area contributed by atoms with Crippen LogP contribution in [0.15, 0.2) is 17.3 Å². The van der Waals surface area contributed by atoms with Crippen LogP contribution in [0.2, 0.25) is 0 Å². The number of hydrogen-bond acceptors (Lipinski definition) is 3. The summed E-state index contributed by atoms with van der Waals surface area (Å²) in [5.41, 5.74) is 0. The molecule has 0 bridgehead atoms. The Kier molecular flexibility index (Phi) is 4.22. The third-order valence-corrected chi connectivity index (χ3v) is 5.50. The van der Waals surface area contributed by atoms with Crippen molar-refractivity contribution in [1.29, 1.82) is 0 Å². The number of nitrogens with zero attached hydrogens (tertiary/aromatic N) is 2. The first-order chi connectivity index (χ1) is 8.16. The Labute approximate surface area is 110 Å². The van der Waals surface area contributed by atoms with Gasteiger partial charge in [-0.25, -0.2) is 8.42 Å². The maximum Gasteiger partial charge on any atom is 0.260 e. The molecule has 0 radical (unpaired) electrons. The van der Waals surface area contributed by atoms with Crippen molar-refractivity contribution in [2.24, 2.45) is 0 Å². The van der Waals surface area contributed by atoms with Crippen molar-refractivity contribution in [3.63, 3.8) is 0 Å². The molecule has 7 heteroatoms. The Morgan fingerprint density at radius 3 is 2.76 bits per heavy atom. The molecule has 0 spiro atoms. The number of hydrogen-bond donors (Lipinski definition) is 1. The van der Waals surface area contributed by atoms with Crippen molar-refractivity contribution >= 4 is 26.0 Å². The summed E-state index contributed by atoms with van der Waals surface area (Å²) in [6.07, 6.45) is 5.35. The molecule has 1 aromatic heterocycles. The summed E-state index contributed by atoms with van der Waals surface area (Å²) >= 11 is 3.34. The summed E-state index contributed by atoms with van der Waals surface area (Å²) < 4.78 is 26.4. The first-order valence-corrected chi connectivity index (χ1v) is 8.29. The van der Waals surface area contributed by atoms with Gasteiger partial charge in [0.2, 0.25) is 0 Å². The van der Waals surface area contributed by atoms with E-state index in [1.807, 2.05) is 0 Å². The van der Waals surface area contributed by atoms with E-state index < -0.39 is 10.0 Å². The minimum atomic E-state index is -3.40. The van der Waals surface area contributed by atoms with Crippen LogP contribution < -0.4 is 0 Å². The number of aromatic amines is 1. The van der Waals surface area contributed by atoms with Gasteiger partial charge in [0.25, 0.3) is 10.0 Å². The molecule has 1 heterocycles. The second kappa shape index (κ2) is 5.49. The predicted molar refractivity (Wildman–Crippen MR) is 68.5 cm³/mol. The van der Waals surface area contributed by atoms with Crippen LogP contribution in [0.25, 0.3) is 0 Å². The molecule has 1 aliphatic carbocycles. The van der Waals surface area contributed by atoms with Crippen molar-refractivity contribution in [2.75, 3.05) is 11.9 Å². The van der Waals surface area contributed by atoms with E-state index in [9.17, 15) is 8.42 Å². The number of rotatable bonds is 6. The molecule has 0 amide bonds. The molecule has 1 aliphatic rings. The molecule has 1 fully saturated rings. The molecule has 0 atom stereocenters. The molecule has 0 unspecified atom stereocenters. The van der Waals surface area contributed by atoms with E-state index >= 15 is 0 Å². The molecule has 0 saturated heterocycles. The van der Waals surface area contributed by atoms with Crippen LogP contribution >= 0.6 is 15.9 Å². The number of alkyl halides is 1. The van der Waals surface area contributed by atoms with Gasteiger partial charge in [-0.3, -0.25) is 5.10 Å². The average Bonchev–Trinajstić information content (AvgIpc) is 2.74. The lowest BCUT2D eigenvalue weighted by atomic mass is 9.93. The molecule has 96 valence electrons. The number of aromatic nitrogens is 2. The Morgan fingerprint density at radius 1 is 1.53 bits per heavy atom. The number of sulfonamides is 1. The molecular formula is C10H16BrN3O2S. The minimum Gasteiger partial charge on any atom is -0.266 e. The van der Waals surface area contributed by atoms with E-state index in [2.05, 4.69) is 26.1 Å². The first-order valence-electron chi connectivity index (χ1n) is 5.73. The van der Waals surface area contributed by atoms with Gasteiger partial charge in [-0.05, 0) is 25.3 Å². The fourth-order valence-corrected chi connectivity index (χ4v) is 3.78. The molecule has 1 N–H and O–H groups in total. The predicted octanol–water partition coefficient (Wildman–Crippen LogP) is 1.74. The summed E-state index contributed by atoms with van der Waals surface area (Å²) in [7, 11) is -3.40. The lowest BCUT2D eigenvalue weighted by molar-refractivity contribution is 0.219. The van der Waals surface area contributed by atoms with Gasteiger partial charge in [0.15, 0.2) is 5.03 Å². The van der Waals surface area contributed by atoms with Crippen LogP contribution in [0.4, 0.5) is 0 Å². The Bertz CT molecular complexity index is 442. The summed E-state index contributed by atoms with van der Waals surface area (Å²) in [6.45, 7) is 0.567. The quantitative estimate of drug-likeness (QED) is 0.811. The molecule has 0 aromatic carbocycles. The number of nitrogens with one attached hydrogen (secondary N) is 1. The Morgan fingerprint density at radius 2 is 2.29 bits per heavy atom. The largest absolute Gasteiger partial charge is 0.266 e. The van der Waals surface area contributed by atoms with Crippen LogP contribution in [-0.2, 0) is 10.0 Å². The average molecular weight is 322 g/mol. The molecular weight excluding hydrogens is 306 g/mol. The SMILES string of the molecule is O=S(=O)(c1ccn[nH]1)N(CCCBr)C1CCC1. The zero-order valence-corrected chi connectivity index (χ0v) is 11.9. The monoisotopic (exact) mass is 321 g/mol. The number of H-pyrrole nitrogens is 1. The zero-order chi connectivity index (χ0) is 12.3. The topological polar surface area (TPSA) is 66.1 Å². The second-order valence-electron chi connectivity index (χ2n) is 4.16. The van der Waals surface area contributed by atoms with E-state index in [0.717, 1.165) is 31.0 Å². The Balaban J connectivity index is 2.19. The molecule has 0 aliphatic heterocycles. The molecule has 5 nitrogen and oxygen atoms in total. The van der Waals surface area contributed by atoms with Crippen LogP contribution in [-0.4, -0.2) is 40.8 Å². The lowest BCUT2D eigenvalue weighted by Crippen LogP contribution is -2.44. The highest BCUT2D eigenvalue weighted by Gasteiger charge is 2.34. The van der Waals surface area contributed by atoms with Gasteiger partial charge < -0.3 is 0 Å². The third kappa shape index (κ3) is 2.71. The fourth-order valence-electron chi connectivity index (χ4n) is 1.90. The summed E-state index contributed by atoms with van der Waals surface area (Å²) in [6, 6.07) is 1.68. The summed E-state index contributed by atoms with van der Waals surface area (Å²) in [4.78, 5) is 0. The van der Waals surface area contributed by atoms with Gasteiger partial charge in [0, 0.05) is 17.9 Å². The molecule has 1 saturated carbocycles. The maximum absolute atomic E-state index is 12.4. The first kappa shape index (κ1) is 13.0. The highest BCUT2D eigenvalue weighted by molar-refractivity contribution is 9.09. The standard InChI is InChI=1S/C10H16BrN3O2S/c11-6-2-8-14(9-3-1-4-9)17(15,16)10-5-7-12-13-10/h5,7,9H,1-4,6,8H2,(H,12,13). The van der Waals surface area contributed by atoms with Crippen molar-refractivity contribution in [2.45, 2.75) is 36.8 Å². The molecule has 2 rings (SSSR count). The zero-order valence-electron chi connectivity index (χ0n) is 9.47. The lowest BCUT2D eigenvalue weighted by Gasteiger charge is -2.36. The van der Waals surface area contributed by atoms with Crippen LogP contribution in [0.1, 0.15) is 25.7 Å². The number of halogens is 1. The van der Waals surface area contributed by atoms with Gasteiger partial charge in [0.1, 0.15) is 0 Å². The minimum absolute atomic E-state index is 0.169. The van der Waals surface area contributed by atoms with E-state index in [1.165, 1.54) is 12.3 Å². The Hall–Kier alpha value is -0.400. The van der Waals surface area contributed by atoms with Crippen LogP contribution in [0, 0.1) is 0 Å². The smallest absolute Gasteiger partial charge is 0.260 e. The van der Waals surface area contributed by atoms with E-state index in [-0.39, 0.29) is 11.1 Å². The highest BCUT2D eigenvalue weighted by atomic mass is 79.9. The van der Waals surface area contributed by atoms with Gasteiger partial charge >= 0.3 is 0 Å². The summed E-state index contributed by atoms with van der Waals surface area (Å²) in [5, 5.41) is 7.27. The van der Waals surface area contributed by atoms with Crippen molar-refractivity contribution in [3.05, 3.63) is 12.3 Å². The van der Waals surface area contributed by atoms with Crippen LogP contribution in [0.3, 0.4) is 0 Å². The second-order valence-corrected chi connectivity index (χ2v) is 6.82. The molecule has 17 heavy (non-hydrogen) atoms. The normalized spacial score (nSPS) is 17.3. The van der Waals surface area contributed by atoms with Gasteiger partial charge in [-0.15, -0.1) is 0 Å². The van der Waals surface area contributed by atoms with Gasteiger partial charge in [0.05, 0.1) is 6.20 Å². The van der Waals surface area contributed by atoms with Gasteiger partial charge in [-0.2, -0.15) is 9.40 Å². The third-order valence-electron chi connectivity index (χ3n) is 3.06. The van der Waals surface area contributed by atoms with Crippen molar-refractivity contribution in [3.8, 4) is 0 Å². The summed E-state index contributed by atoms with van der Waals surface area (Å²) in [5.74, 6) is 0. The van der Waals surface area contributed by atoms with E-state index in [1.54, 1.807) is 4.31 Å². The maximum atomic E-state index is 12.4. The van der Waals surface area contributed by atoms with E-state index in [4.69, 9.17) is 0 Å².